The summed E-state index contributed by atoms with van der Waals surface area (Å²) in [7, 11) is 1.62. The van der Waals surface area contributed by atoms with Gasteiger partial charge in [0, 0.05) is 35.1 Å². The third-order valence-corrected chi connectivity index (χ3v) is 6.30. The number of rotatable bonds is 12. The van der Waals surface area contributed by atoms with Gasteiger partial charge in [0.15, 0.2) is 6.61 Å². The van der Waals surface area contributed by atoms with Gasteiger partial charge in [-0.2, -0.15) is 0 Å². The van der Waals surface area contributed by atoms with Gasteiger partial charge >= 0.3 is 0 Å². The molecule has 0 unspecified atom stereocenters. The Hall–Kier alpha value is -3.97. The van der Waals surface area contributed by atoms with Crippen LogP contribution < -0.4 is 20.1 Å². The minimum atomic E-state index is -0.323. The summed E-state index contributed by atoms with van der Waals surface area (Å²) in [5.74, 6) is 0.947. The fraction of sp³-hybridized carbons (Fsp3) is 0.241. The molecule has 0 saturated carbocycles. The summed E-state index contributed by atoms with van der Waals surface area (Å²) in [6.45, 7) is 0.144. The zero-order valence-corrected chi connectivity index (χ0v) is 21.4. The van der Waals surface area contributed by atoms with E-state index in [4.69, 9.17) is 21.1 Å². The van der Waals surface area contributed by atoms with Crippen LogP contribution in [0.15, 0.2) is 79.0 Å². The first-order valence-corrected chi connectivity index (χ1v) is 12.5. The van der Waals surface area contributed by atoms with Crippen LogP contribution in [0.4, 0.5) is 0 Å². The van der Waals surface area contributed by atoms with E-state index < -0.39 is 0 Å². The number of nitrogens with one attached hydrogen (secondary N) is 3. The maximum absolute atomic E-state index is 12.7. The molecule has 0 spiro atoms. The van der Waals surface area contributed by atoms with E-state index in [0.29, 0.717) is 30.0 Å². The molecule has 0 aliphatic rings. The van der Waals surface area contributed by atoms with Crippen molar-refractivity contribution in [1.82, 2.24) is 15.6 Å². The van der Waals surface area contributed by atoms with E-state index in [1.54, 1.807) is 31.4 Å². The second kappa shape index (κ2) is 12.8. The molecule has 1 aromatic heterocycles. The lowest BCUT2D eigenvalue weighted by molar-refractivity contribution is -0.125. The number of methoxy groups -OCH3 is 1. The number of H-pyrrole nitrogens is 1. The number of aryl methyl sites for hydroxylation is 1. The number of aromatic nitrogens is 1. The average Bonchev–Trinajstić information content (AvgIpc) is 3.33. The van der Waals surface area contributed by atoms with Crippen molar-refractivity contribution in [2.24, 2.45) is 0 Å². The van der Waals surface area contributed by atoms with Crippen LogP contribution in [0.1, 0.15) is 17.5 Å². The molecule has 3 aromatic carbocycles. The van der Waals surface area contributed by atoms with Crippen LogP contribution >= 0.6 is 11.6 Å². The highest BCUT2D eigenvalue weighted by atomic mass is 35.5. The molecule has 3 N–H and O–H groups in total. The van der Waals surface area contributed by atoms with E-state index in [1.807, 2.05) is 54.7 Å². The molecule has 4 aromatic rings. The van der Waals surface area contributed by atoms with Gasteiger partial charge in [-0.1, -0.05) is 48.0 Å². The summed E-state index contributed by atoms with van der Waals surface area (Å²) in [6, 6.07) is 22.2. The monoisotopic (exact) mass is 519 g/mol. The highest BCUT2D eigenvalue weighted by Gasteiger charge is 2.17. The number of carbonyl (C=O) groups is 2. The van der Waals surface area contributed by atoms with Gasteiger partial charge in [-0.05, 0) is 60.4 Å². The summed E-state index contributed by atoms with van der Waals surface area (Å²) in [6.07, 6.45) is 3.36. The topological polar surface area (TPSA) is 92.5 Å². The molecule has 0 saturated heterocycles. The normalized spacial score (nSPS) is 11.6. The van der Waals surface area contributed by atoms with E-state index in [2.05, 4.69) is 15.6 Å². The van der Waals surface area contributed by atoms with E-state index >= 15 is 0 Å². The molecule has 1 heterocycles. The molecule has 2 amide bonds. The lowest BCUT2D eigenvalue weighted by Crippen LogP contribution is -2.46. The zero-order valence-electron chi connectivity index (χ0n) is 20.6. The van der Waals surface area contributed by atoms with Crippen molar-refractivity contribution in [3.8, 4) is 11.5 Å². The fourth-order valence-corrected chi connectivity index (χ4v) is 4.30. The third kappa shape index (κ3) is 7.51. The highest BCUT2D eigenvalue weighted by molar-refractivity contribution is 6.30. The van der Waals surface area contributed by atoms with Gasteiger partial charge in [0.05, 0.1) is 13.2 Å². The number of hydrogen-bond acceptors (Lipinski definition) is 4. The van der Waals surface area contributed by atoms with E-state index in [1.165, 1.54) is 0 Å². The van der Waals surface area contributed by atoms with Crippen molar-refractivity contribution in [1.29, 1.82) is 0 Å². The Morgan fingerprint density at radius 2 is 1.70 bits per heavy atom. The predicted octanol–water partition coefficient (Wildman–Crippen LogP) is 4.69. The maximum atomic E-state index is 12.7. The Labute approximate surface area is 221 Å². The molecule has 37 heavy (non-hydrogen) atoms. The number of aromatic amines is 1. The second-order valence-corrected chi connectivity index (χ2v) is 9.12. The molecule has 1 atom stereocenters. The fourth-order valence-electron chi connectivity index (χ4n) is 4.17. The molecule has 4 rings (SSSR count). The number of halogens is 1. The number of para-hydroxylation sites is 2. The molecule has 0 aliphatic carbocycles. The molecule has 0 radical (unpaired) electrons. The van der Waals surface area contributed by atoms with Crippen molar-refractivity contribution in [3.05, 3.63) is 95.1 Å². The summed E-state index contributed by atoms with van der Waals surface area (Å²) >= 11 is 5.91. The minimum Gasteiger partial charge on any atom is -0.496 e. The number of carbonyl (C=O) groups excluding carboxylic acids is 2. The smallest absolute Gasteiger partial charge is 0.258 e. The first-order chi connectivity index (χ1) is 18.0. The predicted molar refractivity (Wildman–Crippen MR) is 145 cm³/mol. The van der Waals surface area contributed by atoms with Gasteiger partial charge in [-0.15, -0.1) is 0 Å². The van der Waals surface area contributed by atoms with Gasteiger partial charge in [0.25, 0.3) is 5.91 Å². The standard InChI is InChI=1S/C29H30ClN3O4/c1-36-27-9-5-2-6-20(27)10-15-28(34)32-18-23(16-21-17-31-26-8-4-3-7-25(21)26)33-29(35)19-37-24-13-11-22(30)12-14-24/h2-9,11-14,17,23,31H,10,15-16,18-19H2,1H3,(H,32,34)(H,33,35)/t23-/m1/s1. The molecular weight excluding hydrogens is 490 g/mol. The second-order valence-electron chi connectivity index (χ2n) is 8.69. The van der Waals surface area contributed by atoms with Crippen molar-refractivity contribution < 1.29 is 19.1 Å². The minimum absolute atomic E-state index is 0.0958. The Morgan fingerprint density at radius 1 is 0.946 bits per heavy atom. The summed E-state index contributed by atoms with van der Waals surface area (Å²) < 4.78 is 11.0. The average molecular weight is 520 g/mol. The van der Waals surface area contributed by atoms with Gasteiger partial charge in [0.1, 0.15) is 11.5 Å². The molecule has 7 nitrogen and oxygen atoms in total. The largest absolute Gasteiger partial charge is 0.496 e. The molecule has 0 bridgehead atoms. The van der Waals surface area contributed by atoms with Crippen LogP contribution in [0.2, 0.25) is 5.02 Å². The lowest BCUT2D eigenvalue weighted by Gasteiger charge is -2.20. The van der Waals surface area contributed by atoms with Crippen LogP contribution in [0.5, 0.6) is 11.5 Å². The van der Waals surface area contributed by atoms with Crippen LogP contribution in [0.25, 0.3) is 10.9 Å². The quantitative estimate of drug-likeness (QED) is 0.253. The maximum Gasteiger partial charge on any atom is 0.258 e. The molecule has 0 fully saturated rings. The van der Waals surface area contributed by atoms with Crippen molar-refractivity contribution in [3.63, 3.8) is 0 Å². The number of fused-ring (bicyclic) bond motifs is 1. The van der Waals surface area contributed by atoms with Crippen molar-refractivity contribution in [2.45, 2.75) is 25.3 Å². The number of hydrogen-bond donors (Lipinski definition) is 3. The van der Waals surface area contributed by atoms with Crippen LogP contribution in [0, 0.1) is 0 Å². The first-order valence-electron chi connectivity index (χ1n) is 12.1. The van der Waals surface area contributed by atoms with Gasteiger partial charge < -0.3 is 25.1 Å². The third-order valence-electron chi connectivity index (χ3n) is 6.05. The Morgan fingerprint density at radius 3 is 2.51 bits per heavy atom. The van der Waals surface area contributed by atoms with E-state index in [-0.39, 0.29) is 31.0 Å². The SMILES string of the molecule is COc1ccccc1CCC(=O)NC[C@@H](Cc1c[nH]c2ccccc12)NC(=O)COc1ccc(Cl)cc1. The van der Waals surface area contributed by atoms with E-state index in [0.717, 1.165) is 27.8 Å². The number of amides is 2. The van der Waals surface area contributed by atoms with E-state index in [9.17, 15) is 9.59 Å². The van der Waals surface area contributed by atoms with Crippen LogP contribution in [-0.4, -0.2) is 43.1 Å². The van der Waals surface area contributed by atoms with Crippen molar-refractivity contribution in [2.75, 3.05) is 20.3 Å². The lowest BCUT2D eigenvalue weighted by atomic mass is 10.0. The summed E-state index contributed by atoms with van der Waals surface area (Å²) in [5, 5.41) is 7.67. The highest BCUT2D eigenvalue weighted by Crippen LogP contribution is 2.20. The van der Waals surface area contributed by atoms with Gasteiger partial charge in [0.2, 0.25) is 5.91 Å². The number of benzene rings is 3. The van der Waals surface area contributed by atoms with Crippen LogP contribution in [0.3, 0.4) is 0 Å². The first kappa shape index (κ1) is 26.1. The Kier molecular flexibility index (Phi) is 9.05. The molecule has 192 valence electrons. The van der Waals surface area contributed by atoms with Gasteiger partial charge in [-0.25, -0.2) is 0 Å². The number of ether oxygens (including phenoxy) is 2. The Bertz CT molecular complexity index is 1340. The Balaban J connectivity index is 1.36. The summed E-state index contributed by atoms with van der Waals surface area (Å²) in [4.78, 5) is 28.6. The molecule has 8 heteroatoms. The zero-order chi connectivity index (χ0) is 26.0. The van der Waals surface area contributed by atoms with Crippen LogP contribution in [-0.2, 0) is 22.4 Å². The molecule has 0 aliphatic heterocycles. The van der Waals surface area contributed by atoms with Crippen molar-refractivity contribution >= 4 is 34.3 Å². The molecular formula is C29H30ClN3O4. The summed E-state index contributed by atoms with van der Waals surface area (Å²) in [5.41, 5.74) is 3.06. The van der Waals surface area contributed by atoms with Gasteiger partial charge in [-0.3, -0.25) is 9.59 Å².